The van der Waals surface area contributed by atoms with Crippen LogP contribution in [-0.2, 0) is 32.7 Å². The first-order valence-corrected chi connectivity index (χ1v) is 28.6. The van der Waals surface area contributed by atoms with E-state index in [4.69, 9.17) is 18.5 Å². The molecule has 0 saturated carbocycles. The number of ether oxygens (including phenoxy) is 2. The summed E-state index contributed by atoms with van der Waals surface area (Å²) in [5.41, 5.74) is 0. The number of likely N-dealkylation sites (N-methyl/N-ethyl adjacent to an activating group) is 1. The van der Waals surface area contributed by atoms with E-state index in [-0.39, 0.29) is 26.1 Å². The van der Waals surface area contributed by atoms with Crippen LogP contribution >= 0.6 is 7.82 Å². The van der Waals surface area contributed by atoms with Gasteiger partial charge in [-0.05, 0) is 64.2 Å². The highest BCUT2D eigenvalue weighted by molar-refractivity contribution is 7.45. The quantitative estimate of drug-likeness (QED) is 0.0195. The number of esters is 2. The monoisotopic (exact) mass is 960 g/mol. The lowest BCUT2D eigenvalue weighted by Gasteiger charge is -2.28. The summed E-state index contributed by atoms with van der Waals surface area (Å²) >= 11 is 0. The third kappa shape index (κ3) is 52.7. The van der Waals surface area contributed by atoms with Gasteiger partial charge in [-0.2, -0.15) is 0 Å². The summed E-state index contributed by atoms with van der Waals surface area (Å²) in [6.45, 7) is 4.09. The first kappa shape index (κ1) is 64.5. The molecule has 0 spiro atoms. The molecule has 388 valence electrons. The second-order valence-corrected chi connectivity index (χ2v) is 20.6. The zero-order valence-electron chi connectivity index (χ0n) is 43.8. The second kappa shape index (κ2) is 48.5. The molecule has 0 bridgehead atoms. The van der Waals surface area contributed by atoms with E-state index in [1.54, 1.807) is 0 Å². The van der Waals surface area contributed by atoms with E-state index in [0.717, 1.165) is 70.6 Å². The van der Waals surface area contributed by atoms with Crippen LogP contribution in [0, 0.1) is 0 Å². The van der Waals surface area contributed by atoms with Gasteiger partial charge in [-0.25, -0.2) is 0 Å². The standard InChI is InChI=1S/C57H102NO8P/c1-6-8-10-12-14-16-18-20-22-24-26-28-30-31-33-35-37-39-41-43-45-47-49-56(59)63-53-55(54-65-67(61,62)64-52-51-58(3,4)5)66-57(60)50-48-46-44-42-40-38-36-34-32-29-27-25-23-21-19-17-15-13-11-9-7-2/h9,11,15,17,21,23,27,29,34,36,40,42,55H,6-8,10,12-14,16,18-20,22,24-26,28,30-33,35,37-39,41,43-54H2,1-5H3/b11-9-,17-15-,23-21-,29-27-,36-34-,42-40-. The van der Waals surface area contributed by atoms with Gasteiger partial charge in [0.25, 0.3) is 7.82 Å². The summed E-state index contributed by atoms with van der Waals surface area (Å²) in [7, 11) is 1.13. The fourth-order valence-electron chi connectivity index (χ4n) is 7.31. The molecule has 0 amide bonds. The molecule has 0 aromatic heterocycles. The highest BCUT2D eigenvalue weighted by Crippen LogP contribution is 2.38. The fraction of sp³-hybridized carbons (Fsp3) is 0.754. The van der Waals surface area contributed by atoms with Crippen molar-refractivity contribution in [1.82, 2.24) is 0 Å². The van der Waals surface area contributed by atoms with Crippen LogP contribution in [0.4, 0.5) is 0 Å². The predicted molar refractivity (Wildman–Crippen MR) is 282 cm³/mol. The minimum absolute atomic E-state index is 0.0416. The van der Waals surface area contributed by atoms with Gasteiger partial charge in [0.05, 0.1) is 27.7 Å². The Labute approximate surface area is 412 Å². The van der Waals surface area contributed by atoms with Crippen molar-refractivity contribution >= 4 is 19.8 Å². The Hall–Kier alpha value is -2.55. The van der Waals surface area contributed by atoms with Crippen LogP contribution < -0.4 is 4.89 Å². The number of phosphoric ester groups is 1. The lowest BCUT2D eigenvalue weighted by atomic mass is 10.0. The van der Waals surface area contributed by atoms with Crippen LogP contribution in [0.5, 0.6) is 0 Å². The molecule has 9 nitrogen and oxygen atoms in total. The lowest BCUT2D eigenvalue weighted by Crippen LogP contribution is -2.37. The normalized spacial score (nSPS) is 13.9. The number of rotatable bonds is 49. The molecule has 0 aromatic carbocycles. The molecular weight excluding hydrogens is 858 g/mol. The zero-order chi connectivity index (χ0) is 49.2. The number of carbonyl (C=O) groups is 2. The zero-order valence-corrected chi connectivity index (χ0v) is 44.7. The number of hydrogen-bond donors (Lipinski definition) is 0. The van der Waals surface area contributed by atoms with Crippen molar-refractivity contribution in [3.8, 4) is 0 Å². The number of phosphoric acid groups is 1. The van der Waals surface area contributed by atoms with Gasteiger partial charge in [-0.1, -0.05) is 222 Å². The van der Waals surface area contributed by atoms with Crippen molar-refractivity contribution in [3.05, 3.63) is 72.9 Å². The number of carbonyl (C=O) groups excluding carboxylic acids is 2. The average molecular weight is 960 g/mol. The van der Waals surface area contributed by atoms with E-state index in [9.17, 15) is 19.0 Å². The Bertz CT molecular complexity index is 1360. The summed E-state index contributed by atoms with van der Waals surface area (Å²) in [6, 6.07) is 0. The number of nitrogens with zero attached hydrogens (tertiary/aromatic N) is 1. The number of unbranched alkanes of at least 4 members (excludes halogenated alkanes) is 23. The van der Waals surface area contributed by atoms with Crippen molar-refractivity contribution in [1.29, 1.82) is 0 Å². The lowest BCUT2D eigenvalue weighted by molar-refractivity contribution is -0.870. The maximum Gasteiger partial charge on any atom is 0.306 e. The van der Waals surface area contributed by atoms with Crippen molar-refractivity contribution in [3.63, 3.8) is 0 Å². The van der Waals surface area contributed by atoms with Crippen molar-refractivity contribution in [2.75, 3.05) is 47.5 Å². The molecule has 0 aromatic rings. The predicted octanol–water partition coefficient (Wildman–Crippen LogP) is 15.9. The minimum atomic E-state index is -4.65. The van der Waals surface area contributed by atoms with Gasteiger partial charge in [0, 0.05) is 12.8 Å². The number of hydrogen-bond acceptors (Lipinski definition) is 8. The third-order valence-corrected chi connectivity index (χ3v) is 12.5. The van der Waals surface area contributed by atoms with E-state index in [2.05, 4.69) is 86.8 Å². The summed E-state index contributed by atoms with van der Waals surface area (Å²) in [5.74, 6) is -0.881. The van der Waals surface area contributed by atoms with E-state index in [1.165, 1.54) is 122 Å². The van der Waals surface area contributed by atoms with E-state index < -0.39 is 32.5 Å². The molecule has 67 heavy (non-hydrogen) atoms. The first-order valence-electron chi connectivity index (χ1n) is 27.1. The molecule has 0 aliphatic carbocycles. The maximum absolute atomic E-state index is 12.7. The van der Waals surface area contributed by atoms with Crippen molar-refractivity contribution in [2.24, 2.45) is 0 Å². The Morgan fingerprint density at radius 2 is 0.851 bits per heavy atom. The molecule has 0 rings (SSSR count). The van der Waals surface area contributed by atoms with Gasteiger partial charge in [0.2, 0.25) is 0 Å². The van der Waals surface area contributed by atoms with Crippen LogP contribution in [0.25, 0.3) is 0 Å². The highest BCUT2D eigenvalue weighted by Gasteiger charge is 2.21. The summed E-state index contributed by atoms with van der Waals surface area (Å²) < 4.78 is 34.0. The number of allylic oxidation sites excluding steroid dienone is 12. The van der Waals surface area contributed by atoms with Gasteiger partial charge < -0.3 is 27.9 Å². The molecule has 0 heterocycles. The van der Waals surface area contributed by atoms with Crippen LogP contribution in [-0.4, -0.2) is 70.0 Å². The molecule has 10 heteroatoms. The molecule has 0 aliphatic rings. The highest BCUT2D eigenvalue weighted by atomic mass is 31.2. The molecule has 2 atom stereocenters. The largest absolute Gasteiger partial charge is 0.756 e. The van der Waals surface area contributed by atoms with Crippen LogP contribution in [0.15, 0.2) is 72.9 Å². The molecule has 0 aliphatic heterocycles. The van der Waals surface area contributed by atoms with Gasteiger partial charge in [0.15, 0.2) is 6.10 Å². The van der Waals surface area contributed by atoms with Crippen LogP contribution in [0.2, 0.25) is 0 Å². The SMILES string of the molecule is CC/C=C\C/C=C\C/C=C\C/C=C\C/C=C\C/C=C\CCCCC(=O)OC(COC(=O)CCCCCCCCCCCCCCCCCCCCCCCC)COP(=O)([O-])OCC[N+](C)(C)C. The minimum Gasteiger partial charge on any atom is -0.756 e. The Balaban J connectivity index is 4.28. The Morgan fingerprint density at radius 1 is 0.478 bits per heavy atom. The molecule has 0 N–H and O–H groups in total. The molecular formula is C57H102NO8P. The van der Waals surface area contributed by atoms with Crippen molar-refractivity contribution < 1.29 is 42.1 Å². The van der Waals surface area contributed by atoms with E-state index in [1.807, 2.05) is 21.1 Å². The third-order valence-electron chi connectivity index (χ3n) is 11.5. The fourth-order valence-corrected chi connectivity index (χ4v) is 8.04. The van der Waals surface area contributed by atoms with E-state index in [0.29, 0.717) is 17.4 Å². The Kier molecular flexibility index (Phi) is 46.6. The molecule has 2 unspecified atom stereocenters. The second-order valence-electron chi connectivity index (χ2n) is 19.2. The Morgan fingerprint density at radius 3 is 1.27 bits per heavy atom. The van der Waals surface area contributed by atoms with Crippen LogP contribution in [0.1, 0.15) is 226 Å². The van der Waals surface area contributed by atoms with Crippen LogP contribution in [0.3, 0.4) is 0 Å². The van der Waals surface area contributed by atoms with Gasteiger partial charge in [-0.15, -0.1) is 0 Å². The maximum atomic E-state index is 12.7. The van der Waals surface area contributed by atoms with E-state index >= 15 is 0 Å². The summed E-state index contributed by atoms with van der Waals surface area (Å²) in [4.78, 5) is 37.8. The van der Waals surface area contributed by atoms with Gasteiger partial charge in [0.1, 0.15) is 19.8 Å². The van der Waals surface area contributed by atoms with Gasteiger partial charge >= 0.3 is 11.9 Å². The smallest absolute Gasteiger partial charge is 0.306 e. The van der Waals surface area contributed by atoms with Crippen molar-refractivity contribution in [2.45, 2.75) is 232 Å². The number of quaternary nitrogens is 1. The molecule has 0 radical (unpaired) electrons. The summed E-state index contributed by atoms with van der Waals surface area (Å²) in [5, 5.41) is 0. The topological polar surface area (TPSA) is 111 Å². The molecule has 0 saturated heterocycles. The summed E-state index contributed by atoms with van der Waals surface area (Å²) in [6.07, 6.45) is 62.3. The molecule has 0 fully saturated rings. The first-order chi connectivity index (χ1) is 32.5. The average Bonchev–Trinajstić information content (AvgIpc) is 3.29. The van der Waals surface area contributed by atoms with Gasteiger partial charge in [-0.3, -0.25) is 14.2 Å².